The summed E-state index contributed by atoms with van der Waals surface area (Å²) in [7, 11) is 0. The van der Waals surface area contributed by atoms with E-state index in [0.29, 0.717) is 18.4 Å². The quantitative estimate of drug-likeness (QED) is 0.370. The number of aromatic nitrogens is 3. The molecule has 0 radical (unpaired) electrons. The Bertz CT molecular complexity index is 1120. The molecule has 0 unspecified atom stereocenters. The zero-order valence-electron chi connectivity index (χ0n) is 19.4. The van der Waals surface area contributed by atoms with Gasteiger partial charge >= 0.3 is 0 Å². The number of carbonyl (C=O) groups excluding carboxylic acids is 1. The van der Waals surface area contributed by atoms with Crippen LogP contribution in [-0.4, -0.2) is 40.1 Å². The monoisotopic (exact) mass is 447 g/mol. The number of anilines is 3. The fourth-order valence-corrected chi connectivity index (χ4v) is 4.08. The molecule has 3 heterocycles. The second-order valence-electron chi connectivity index (χ2n) is 8.84. The van der Waals surface area contributed by atoms with Crippen molar-refractivity contribution >= 4 is 28.9 Å². The minimum absolute atomic E-state index is 0.224. The fraction of sp³-hybridized carbons (Fsp3) is 0.400. The number of carbonyl (C=O) groups is 1. The van der Waals surface area contributed by atoms with Crippen LogP contribution in [0.4, 0.5) is 17.3 Å². The van der Waals surface area contributed by atoms with E-state index in [1.807, 2.05) is 41.0 Å². The zero-order chi connectivity index (χ0) is 23.2. The van der Waals surface area contributed by atoms with E-state index in [0.717, 1.165) is 53.7 Å². The molecule has 0 atom stereocenters. The normalized spacial score (nSPS) is 14.4. The van der Waals surface area contributed by atoms with Gasteiger partial charge in [0.2, 0.25) is 5.91 Å². The lowest BCUT2D eigenvalue weighted by molar-refractivity contribution is -0.111. The van der Waals surface area contributed by atoms with E-state index in [-0.39, 0.29) is 5.91 Å². The summed E-state index contributed by atoms with van der Waals surface area (Å²) in [6.45, 7) is 11.5. The van der Waals surface area contributed by atoms with Crippen LogP contribution in [0.3, 0.4) is 0 Å². The van der Waals surface area contributed by atoms with Crippen LogP contribution in [-0.2, 0) is 11.3 Å². The molecular weight excluding hydrogens is 414 g/mol. The molecule has 8 heteroatoms. The highest BCUT2D eigenvalue weighted by Crippen LogP contribution is 2.25. The van der Waals surface area contributed by atoms with E-state index in [2.05, 4.69) is 46.8 Å². The molecule has 1 saturated heterocycles. The van der Waals surface area contributed by atoms with Gasteiger partial charge in [-0.25, -0.2) is 4.98 Å². The number of nitrogens with one attached hydrogen (secondary N) is 4. The summed E-state index contributed by atoms with van der Waals surface area (Å²) in [6, 6.07) is 9.78. The third kappa shape index (κ3) is 5.70. The fourth-order valence-electron chi connectivity index (χ4n) is 4.08. The van der Waals surface area contributed by atoms with Crippen LogP contribution in [0.2, 0.25) is 0 Å². The maximum Gasteiger partial charge on any atom is 0.247 e. The second kappa shape index (κ2) is 10.5. The van der Waals surface area contributed by atoms with E-state index < -0.39 is 0 Å². The molecule has 1 aromatic carbocycles. The highest BCUT2D eigenvalue weighted by Gasteiger charge is 2.16. The van der Waals surface area contributed by atoms with Crippen molar-refractivity contribution in [3.63, 3.8) is 0 Å². The van der Waals surface area contributed by atoms with Gasteiger partial charge in [-0.05, 0) is 61.5 Å². The lowest BCUT2D eigenvalue weighted by Crippen LogP contribution is -2.31. The molecular formula is C25H33N7O. The van der Waals surface area contributed by atoms with E-state index in [9.17, 15) is 4.79 Å². The molecule has 1 aliphatic rings. The van der Waals surface area contributed by atoms with Crippen molar-refractivity contribution in [3.8, 4) is 0 Å². The van der Waals surface area contributed by atoms with E-state index in [4.69, 9.17) is 4.98 Å². The van der Waals surface area contributed by atoms with Crippen molar-refractivity contribution in [1.82, 2.24) is 19.9 Å². The number of piperidine rings is 1. The predicted molar refractivity (Wildman–Crippen MR) is 134 cm³/mol. The Kier molecular flexibility index (Phi) is 7.24. The highest BCUT2D eigenvalue weighted by atomic mass is 16.1. The highest BCUT2D eigenvalue weighted by molar-refractivity contribution is 5.98. The summed E-state index contributed by atoms with van der Waals surface area (Å²) in [5.74, 6) is 2.49. The maximum atomic E-state index is 11.6. The summed E-state index contributed by atoms with van der Waals surface area (Å²) in [5, 5.41) is 17.9. The molecule has 0 aliphatic carbocycles. The SMILES string of the molecule is C=CC(=O)Nc1cccc(CNc2cc(NCC3CCNCC3)nc3c(C(C)C)cnn23)c1. The van der Waals surface area contributed by atoms with Crippen LogP contribution in [0.1, 0.15) is 43.7 Å². The van der Waals surface area contributed by atoms with Gasteiger partial charge in [0.1, 0.15) is 11.6 Å². The van der Waals surface area contributed by atoms with Crippen molar-refractivity contribution in [2.45, 2.75) is 39.2 Å². The number of fused-ring (bicyclic) bond motifs is 1. The Morgan fingerprint density at radius 3 is 2.85 bits per heavy atom. The number of nitrogens with zero attached hydrogens (tertiary/aromatic N) is 3. The topological polar surface area (TPSA) is 95.4 Å². The van der Waals surface area contributed by atoms with Gasteiger partial charge in [-0.2, -0.15) is 9.61 Å². The average molecular weight is 448 g/mol. The molecule has 4 N–H and O–H groups in total. The summed E-state index contributed by atoms with van der Waals surface area (Å²) in [5.41, 5.74) is 3.78. The Hall–Kier alpha value is -3.39. The van der Waals surface area contributed by atoms with Crippen molar-refractivity contribution in [1.29, 1.82) is 0 Å². The first kappa shape index (κ1) is 22.8. The van der Waals surface area contributed by atoms with Crippen LogP contribution in [0.25, 0.3) is 5.65 Å². The summed E-state index contributed by atoms with van der Waals surface area (Å²) in [6.07, 6.45) is 5.53. The van der Waals surface area contributed by atoms with Crippen molar-refractivity contribution < 1.29 is 4.79 Å². The Balaban J connectivity index is 1.54. The molecule has 4 rings (SSSR count). The standard InChI is InChI=1S/C25H33N7O/c1-4-24(33)30-20-7-5-6-19(12-20)15-28-23-13-22(27-14-18-8-10-26-11-9-18)31-25-21(17(2)3)16-29-32(23)25/h4-7,12-13,16-18,26,28H,1,8-11,14-15H2,2-3H3,(H,27,31)(H,30,33). The molecule has 1 amide bonds. The molecule has 0 spiro atoms. The van der Waals surface area contributed by atoms with Gasteiger partial charge in [-0.3, -0.25) is 4.79 Å². The molecule has 33 heavy (non-hydrogen) atoms. The van der Waals surface area contributed by atoms with Crippen LogP contribution in [0, 0.1) is 5.92 Å². The molecule has 174 valence electrons. The van der Waals surface area contributed by atoms with E-state index in [1.54, 1.807) is 0 Å². The van der Waals surface area contributed by atoms with Gasteiger partial charge in [0.25, 0.3) is 0 Å². The van der Waals surface area contributed by atoms with E-state index >= 15 is 0 Å². The Morgan fingerprint density at radius 1 is 1.27 bits per heavy atom. The van der Waals surface area contributed by atoms with Gasteiger partial charge in [0.05, 0.1) is 6.20 Å². The first-order valence-corrected chi connectivity index (χ1v) is 11.6. The summed E-state index contributed by atoms with van der Waals surface area (Å²) >= 11 is 0. The minimum Gasteiger partial charge on any atom is -0.370 e. The molecule has 3 aromatic rings. The first-order valence-electron chi connectivity index (χ1n) is 11.6. The largest absolute Gasteiger partial charge is 0.370 e. The third-order valence-corrected chi connectivity index (χ3v) is 6.01. The van der Waals surface area contributed by atoms with Crippen LogP contribution in [0.15, 0.2) is 49.2 Å². The third-order valence-electron chi connectivity index (χ3n) is 6.01. The number of benzene rings is 1. The van der Waals surface area contributed by atoms with Gasteiger partial charge in [0, 0.05) is 30.4 Å². The lowest BCUT2D eigenvalue weighted by Gasteiger charge is -2.23. The zero-order valence-corrected chi connectivity index (χ0v) is 19.4. The molecule has 0 bridgehead atoms. The number of amides is 1. The van der Waals surface area contributed by atoms with Crippen LogP contribution >= 0.6 is 0 Å². The maximum absolute atomic E-state index is 11.6. The lowest BCUT2D eigenvalue weighted by atomic mass is 9.98. The second-order valence-corrected chi connectivity index (χ2v) is 8.84. The van der Waals surface area contributed by atoms with Gasteiger partial charge in [0.15, 0.2) is 5.65 Å². The first-order chi connectivity index (χ1) is 16.0. The summed E-state index contributed by atoms with van der Waals surface area (Å²) in [4.78, 5) is 16.5. The molecule has 1 fully saturated rings. The number of hydrogen-bond donors (Lipinski definition) is 4. The van der Waals surface area contributed by atoms with Crippen LogP contribution in [0.5, 0.6) is 0 Å². The van der Waals surface area contributed by atoms with Crippen LogP contribution < -0.4 is 21.3 Å². The molecule has 2 aromatic heterocycles. The van der Waals surface area contributed by atoms with Crippen molar-refractivity contribution in [2.24, 2.45) is 5.92 Å². The van der Waals surface area contributed by atoms with Gasteiger partial charge in [-0.1, -0.05) is 32.6 Å². The van der Waals surface area contributed by atoms with Gasteiger partial charge < -0.3 is 21.3 Å². The number of hydrogen-bond acceptors (Lipinski definition) is 6. The Labute approximate surface area is 194 Å². The predicted octanol–water partition coefficient (Wildman–Crippen LogP) is 4.00. The van der Waals surface area contributed by atoms with Crippen molar-refractivity contribution in [2.75, 3.05) is 35.6 Å². The molecule has 0 saturated carbocycles. The average Bonchev–Trinajstić information content (AvgIpc) is 3.26. The van der Waals surface area contributed by atoms with E-state index in [1.165, 1.54) is 18.9 Å². The molecule has 1 aliphatic heterocycles. The smallest absolute Gasteiger partial charge is 0.247 e. The number of rotatable bonds is 9. The van der Waals surface area contributed by atoms with Gasteiger partial charge in [-0.15, -0.1) is 0 Å². The van der Waals surface area contributed by atoms with Crippen molar-refractivity contribution in [3.05, 3.63) is 60.3 Å². The Morgan fingerprint density at radius 2 is 2.09 bits per heavy atom. The minimum atomic E-state index is -0.224. The molecule has 8 nitrogen and oxygen atoms in total. The summed E-state index contributed by atoms with van der Waals surface area (Å²) < 4.78 is 1.87.